The van der Waals surface area contributed by atoms with Gasteiger partial charge in [0, 0.05) is 17.6 Å². The minimum Gasteiger partial charge on any atom is -0.380 e. The Hall–Kier alpha value is -0.380. The summed E-state index contributed by atoms with van der Waals surface area (Å²) in [7, 11) is 1.80. The number of ether oxygens (including phenoxy) is 1. The van der Waals surface area contributed by atoms with Crippen molar-refractivity contribution in [2.75, 3.05) is 13.7 Å². The Kier molecular flexibility index (Phi) is 6.90. The average Bonchev–Trinajstić information content (AvgIpc) is 2.29. The SMILES string of the molecule is CCNC(Cc1cccc(Br)c1)C(OC)C(C)C. The van der Waals surface area contributed by atoms with Crippen LogP contribution in [0.3, 0.4) is 0 Å². The number of rotatable bonds is 7. The molecule has 0 radical (unpaired) electrons. The van der Waals surface area contributed by atoms with Gasteiger partial charge in [-0.15, -0.1) is 0 Å². The number of likely N-dealkylation sites (N-methyl/N-ethyl adjacent to an activating group) is 1. The number of benzene rings is 1. The Morgan fingerprint density at radius 3 is 2.56 bits per heavy atom. The summed E-state index contributed by atoms with van der Waals surface area (Å²) in [5.74, 6) is 0.506. The first kappa shape index (κ1) is 15.7. The van der Waals surface area contributed by atoms with Crippen LogP contribution in [0.1, 0.15) is 26.3 Å². The molecule has 0 bridgehead atoms. The van der Waals surface area contributed by atoms with Crippen molar-refractivity contribution in [2.45, 2.75) is 39.3 Å². The summed E-state index contributed by atoms with van der Waals surface area (Å²) in [6.07, 6.45) is 1.23. The maximum atomic E-state index is 5.65. The summed E-state index contributed by atoms with van der Waals surface area (Å²) < 4.78 is 6.79. The Labute approximate surface area is 119 Å². The Morgan fingerprint density at radius 2 is 2.06 bits per heavy atom. The second-order valence-corrected chi connectivity index (χ2v) is 5.86. The van der Waals surface area contributed by atoms with Crippen LogP contribution in [0.15, 0.2) is 28.7 Å². The first-order chi connectivity index (χ1) is 8.58. The van der Waals surface area contributed by atoms with Gasteiger partial charge in [-0.05, 0) is 36.6 Å². The van der Waals surface area contributed by atoms with Gasteiger partial charge in [-0.25, -0.2) is 0 Å². The number of nitrogens with one attached hydrogen (secondary N) is 1. The predicted octanol–water partition coefficient (Wildman–Crippen LogP) is 3.64. The molecule has 1 rings (SSSR count). The van der Waals surface area contributed by atoms with E-state index >= 15 is 0 Å². The van der Waals surface area contributed by atoms with Crippen LogP contribution in [0.5, 0.6) is 0 Å². The Morgan fingerprint density at radius 1 is 1.33 bits per heavy atom. The maximum Gasteiger partial charge on any atom is 0.0750 e. The van der Waals surface area contributed by atoms with Crippen LogP contribution >= 0.6 is 15.9 Å². The molecule has 1 aromatic carbocycles. The third-order valence-electron chi connectivity index (χ3n) is 3.14. The van der Waals surface area contributed by atoms with Crippen LogP contribution in [0.25, 0.3) is 0 Å². The van der Waals surface area contributed by atoms with Gasteiger partial charge >= 0.3 is 0 Å². The molecule has 0 saturated carbocycles. The van der Waals surface area contributed by atoms with E-state index in [1.54, 1.807) is 7.11 Å². The fourth-order valence-electron chi connectivity index (χ4n) is 2.39. The van der Waals surface area contributed by atoms with E-state index in [2.05, 4.69) is 66.3 Å². The van der Waals surface area contributed by atoms with Gasteiger partial charge in [0.2, 0.25) is 0 Å². The maximum absolute atomic E-state index is 5.65. The van der Waals surface area contributed by atoms with Crippen molar-refractivity contribution in [3.8, 4) is 0 Å². The Bertz CT molecular complexity index is 354. The lowest BCUT2D eigenvalue weighted by atomic mass is 9.94. The quantitative estimate of drug-likeness (QED) is 0.829. The van der Waals surface area contributed by atoms with Crippen LogP contribution in [0.2, 0.25) is 0 Å². The topological polar surface area (TPSA) is 21.3 Å². The molecule has 0 aliphatic rings. The standard InChI is InChI=1S/C15H24BrNO/c1-5-17-14(15(18-4)11(2)3)10-12-7-6-8-13(16)9-12/h6-9,11,14-15,17H,5,10H2,1-4H3. The largest absolute Gasteiger partial charge is 0.380 e. The molecule has 0 saturated heterocycles. The van der Waals surface area contributed by atoms with Crippen LogP contribution < -0.4 is 5.32 Å². The number of methoxy groups -OCH3 is 1. The minimum absolute atomic E-state index is 0.240. The highest BCUT2D eigenvalue weighted by Crippen LogP contribution is 2.17. The lowest BCUT2D eigenvalue weighted by Crippen LogP contribution is -2.45. The van der Waals surface area contributed by atoms with Gasteiger partial charge in [0.1, 0.15) is 0 Å². The third-order valence-corrected chi connectivity index (χ3v) is 3.63. The molecule has 1 N–H and O–H groups in total. The monoisotopic (exact) mass is 313 g/mol. The van der Waals surface area contributed by atoms with Gasteiger partial charge in [-0.2, -0.15) is 0 Å². The van der Waals surface area contributed by atoms with Crippen molar-refractivity contribution in [1.29, 1.82) is 0 Å². The molecule has 0 aliphatic heterocycles. The van der Waals surface area contributed by atoms with E-state index in [0.29, 0.717) is 12.0 Å². The zero-order valence-electron chi connectivity index (χ0n) is 11.7. The third kappa shape index (κ3) is 4.71. The zero-order valence-corrected chi connectivity index (χ0v) is 13.3. The smallest absolute Gasteiger partial charge is 0.0750 e. The van der Waals surface area contributed by atoms with E-state index in [1.807, 2.05) is 0 Å². The molecule has 3 heteroatoms. The van der Waals surface area contributed by atoms with E-state index in [0.717, 1.165) is 17.4 Å². The fraction of sp³-hybridized carbons (Fsp3) is 0.600. The summed E-state index contributed by atoms with van der Waals surface area (Å²) >= 11 is 3.52. The van der Waals surface area contributed by atoms with Crippen molar-refractivity contribution in [2.24, 2.45) is 5.92 Å². The summed E-state index contributed by atoms with van der Waals surface area (Å²) in [6, 6.07) is 8.84. The molecule has 0 heterocycles. The van der Waals surface area contributed by atoms with Crippen LogP contribution in [0, 0.1) is 5.92 Å². The summed E-state index contributed by atoms with van der Waals surface area (Å²) in [5.41, 5.74) is 1.33. The van der Waals surface area contributed by atoms with Crippen LogP contribution in [0.4, 0.5) is 0 Å². The van der Waals surface area contributed by atoms with Gasteiger partial charge in [-0.1, -0.05) is 48.8 Å². The first-order valence-corrected chi connectivity index (χ1v) is 7.38. The molecule has 0 fully saturated rings. The molecule has 0 aromatic heterocycles. The highest BCUT2D eigenvalue weighted by atomic mass is 79.9. The average molecular weight is 314 g/mol. The molecular weight excluding hydrogens is 290 g/mol. The van der Waals surface area contributed by atoms with Gasteiger partial charge < -0.3 is 10.1 Å². The van der Waals surface area contributed by atoms with Gasteiger partial charge in [-0.3, -0.25) is 0 Å². The molecule has 0 aliphatic carbocycles. The summed E-state index contributed by atoms with van der Waals surface area (Å²) in [5, 5.41) is 3.54. The molecular formula is C15H24BrNO. The molecule has 0 amide bonds. The highest BCUT2D eigenvalue weighted by molar-refractivity contribution is 9.10. The van der Waals surface area contributed by atoms with Crippen molar-refractivity contribution < 1.29 is 4.74 Å². The molecule has 1 aromatic rings. The summed E-state index contributed by atoms with van der Waals surface area (Å²) in [4.78, 5) is 0. The zero-order chi connectivity index (χ0) is 13.5. The first-order valence-electron chi connectivity index (χ1n) is 6.59. The van der Waals surface area contributed by atoms with E-state index in [9.17, 15) is 0 Å². The van der Waals surface area contributed by atoms with Gasteiger partial charge in [0.25, 0.3) is 0 Å². The number of hydrogen-bond acceptors (Lipinski definition) is 2. The van der Waals surface area contributed by atoms with E-state index in [-0.39, 0.29) is 6.10 Å². The van der Waals surface area contributed by atoms with Gasteiger partial charge in [0.05, 0.1) is 6.10 Å². The van der Waals surface area contributed by atoms with Crippen molar-refractivity contribution in [3.05, 3.63) is 34.3 Å². The minimum atomic E-state index is 0.240. The van der Waals surface area contributed by atoms with Crippen LogP contribution in [-0.4, -0.2) is 25.8 Å². The number of halogens is 1. The second-order valence-electron chi connectivity index (χ2n) is 4.94. The van der Waals surface area contributed by atoms with Crippen molar-refractivity contribution in [3.63, 3.8) is 0 Å². The van der Waals surface area contributed by atoms with Crippen molar-refractivity contribution >= 4 is 15.9 Å². The Balaban J connectivity index is 2.79. The summed E-state index contributed by atoms with van der Waals surface area (Å²) in [6.45, 7) is 7.52. The van der Waals surface area contributed by atoms with E-state index in [4.69, 9.17) is 4.74 Å². The molecule has 102 valence electrons. The van der Waals surface area contributed by atoms with Crippen LogP contribution in [-0.2, 0) is 11.2 Å². The lowest BCUT2D eigenvalue weighted by molar-refractivity contribution is 0.0337. The van der Waals surface area contributed by atoms with E-state index < -0.39 is 0 Å². The van der Waals surface area contributed by atoms with E-state index in [1.165, 1.54) is 5.56 Å². The highest BCUT2D eigenvalue weighted by Gasteiger charge is 2.23. The molecule has 2 atom stereocenters. The normalized spacial score (nSPS) is 14.8. The molecule has 2 nitrogen and oxygen atoms in total. The predicted molar refractivity (Wildman–Crippen MR) is 80.9 cm³/mol. The number of hydrogen-bond donors (Lipinski definition) is 1. The molecule has 18 heavy (non-hydrogen) atoms. The molecule has 2 unspecified atom stereocenters. The van der Waals surface area contributed by atoms with Crippen molar-refractivity contribution in [1.82, 2.24) is 5.32 Å². The molecule has 0 spiro atoms. The lowest BCUT2D eigenvalue weighted by Gasteiger charge is -2.30. The van der Waals surface area contributed by atoms with Gasteiger partial charge in [0.15, 0.2) is 0 Å². The fourth-order valence-corrected chi connectivity index (χ4v) is 2.83. The second kappa shape index (κ2) is 7.93.